The summed E-state index contributed by atoms with van der Waals surface area (Å²) in [5.74, 6) is 0.652. The van der Waals surface area contributed by atoms with Gasteiger partial charge in [0.05, 0.1) is 6.61 Å². The highest BCUT2D eigenvalue weighted by atomic mass is 35.5. The molecule has 6 heteroatoms. The van der Waals surface area contributed by atoms with Gasteiger partial charge < -0.3 is 15.4 Å². The number of rotatable bonds is 7. The van der Waals surface area contributed by atoms with E-state index in [1.807, 2.05) is 0 Å². The van der Waals surface area contributed by atoms with Crippen LogP contribution in [0.2, 0.25) is 5.15 Å². The van der Waals surface area contributed by atoms with Crippen LogP contribution in [-0.2, 0) is 9.53 Å². The van der Waals surface area contributed by atoms with E-state index in [1.165, 1.54) is 0 Å². The Hall–Kier alpha value is -1.33. The molecule has 0 atom stereocenters. The van der Waals surface area contributed by atoms with Crippen molar-refractivity contribution in [1.82, 2.24) is 10.3 Å². The number of ether oxygens (including phenoxy) is 1. The van der Waals surface area contributed by atoms with E-state index in [2.05, 4.69) is 15.6 Å². The average Bonchev–Trinajstić information content (AvgIpc) is 2.29. The molecule has 1 aromatic rings. The number of hydrogen-bond acceptors (Lipinski definition) is 4. The summed E-state index contributed by atoms with van der Waals surface area (Å²) in [6.07, 6.45) is 0.387. The number of halogens is 1. The van der Waals surface area contributed by atoms with Crippen LogP contribution in [0.1, 0.15) is 6.42 Å². The lowest BCUT2D eigenvalue weighted by Gasteiger charge is -2.06. The van der Waals surface area contributed by atoms with Gasteiger partial charge in [-0.25, -0.2) is 4.98 Å². The zero-order chi connectivity index (χ0) is 12.5. The molecular formula is C11H16ClN3O2. The van der Waals surface area contributed by atoms with E-state index in [0.717, 1.165) is 0 Å². The minimum absolute atomic E-state index is 0.0171. The average molecular weight is 258 g/mol. The number of nitrogens with one attached hydrogen (secondary N) is 2. The summed E-state index contributed by atoms with van der Waals surface area (Å²) in [5, 5.41) is 6.18. The van der Waals surface area contributed by atoms with Crippen molar-refractivity contribution in [2.75, 3.05) is 32.1 Å². The SMILES string of the molecule is COCCNC(=O)CCNc1cccc(Cl)n1. The Morgan fingerprint density at radius 1 is 1.47 bits per heavy atom. The number of methoxy groups -OCH3 is 1. The first-order chi connectivity index (χ1) is 8.22. The summed E-state index contributed by atoms with van der Waals surface area (Å²) in [6, 6.07) is 5.30. The maximum Gasteiger partial charge on any atom is 0.221 e. The van der Waals surface area contributed by atoms with E-state index in [4.69, 9.17) is 16.3 Å². The molecule has 0 bridgehead atoms. The third-order valence-electron chi connectivity index (χ3n) is 2.00. The van der Waals surface area contributed by atoms with Crippen LogP contribution in [0.4, 0.5) is 5.82 Å². The Morgan fingerprint density at radius 3 is 3.00 bits per heavy atom. The lowest BCUT2D eigenvalue weighted by Crippen LogP contribution is -2.28. The number of anilines is 1. The molecule has 1 amide bonds. The predicted octanol–water partition coefficient (Wildman–Crippen LogP) is 1.30. The first-order valence-electron chi connectivity index (χ1n) is 5.34. The standard InChI is InChI=1S/C11H16ClN3O2/c1-17-8-7-14-11(16)5-6-13-10-4-2-3-9(12)15-10/h2-4H,5-8H2,1H3,(H,13,15)(H,14,16). The van der Waals surface area contributed by atoms with Gasteiger partial charge in [-0.15, -0.1) is 0 Å². The van der Waals surface area contributed by atoms with Gasteiger partial charge in [-0.05, 0) is 12.1 Å². The fraction of sp³-hybridized carbons (Fsp3) is 0.455. The zero-order valence-electron chi connectivity index (χ0n) is 9.70. The second-order valence-electron chi connectivity index (χ2n) is 3.37. The smallest absolute Gasteiger partial charge is 0.221 e. The fourth-order valence-electron chi connectivity index (χ4n) is 1.19. The van der Waals surface area contributed by atoms with Crippen molar-refractivity contribution in [3.8, 4) is 0 Å². The van der Waals surface area contributed by atoms with Gasteiger partial charge in [0.2, 0.25) is 5.91 Å². The highest BCUT2D eigenvalue weighted by Gasteiger charge is 2.00. The lowest BCUT2D eigenvalue weighted by molar-refractivity contribution is -0.121. The summed E-state index contributed by atoms with van der Waals surface area (Å²) in [6.45, 7) is 1.58. The first kappa shape index (κ1) is 13.7. The molecule has 2 N–H and O–H groups in total. The molecule has 1 heterocycles. The molecule has 0 fully saturated rings. The van der Waals surface area contributed by atoms with Gasteiger partial charge in [0.25, 0.3) is 0 Å². The summed E-state index contributed by atoms with van der Waals surface area (Å²) < 4.78 is 4.82. The largest absolute Gasteiger partial charge is 0.383 e. The molecule has 1 rings (SSSR count). The molecule has 1 aromatic heterocycles. The molecule has 0 aliphatic heterocycles. The summed E-state index contributed by atoms with van der Waals surface area (Å²) >= 11 is 5.73. The van der Waals surface area contributed by atoms with E-state index >= 15 is 0 Å². The van der Waals surface area contributed by atoms with Crippen LogP contribution in [0.25, 0.3) is 0 Å². The van der Waals surface area contributed by atoms with E-state index in [9.17, 15) is 4.79 Å². The van der Waals surface area contributed by atoms with Crippen molar-refractivity contribution >= 4 is 23.3 Å². The van der Waals surface area contributed by atoms with Crippen LogP contribution in [0.5, 0.6) is 0 Å². The molecule has 17 heavy (non-hydrogen) atoms. The zero-order valence-corrected chi connectivity index (χ0v) is 10.5. The third kappa shape index (κ3) is 6.09. The Balaban J connectivity index is 2.17. The van der Waals surface area contributed by atoms with Crippen LogP contribution in [0, 0.1) is 0 Å². The van der Waals surface area contributed by atoms with E-state index in [-0.39, 0.29) is 5.91 Å². The van der Waals surface area contributed by atoms with Crippen molar-refractivity contribution in [3.63, 3.8) is 0 Å². The van der Waals surface area contributed by atoms with E-state index in [0.29, 0.717) is 37.1 Å². The van der Waals surface area contributed by atoms with Crippen molar-refractivity contribution < 1.29 is 9.53 Å². The first-order valence-corrected chi connectivity index (χ1v) is 5.72. The molecule has 0 saturated heterocycles. The van der Waals surface area contributed by atoms with Gasteiger partial charge in [-0.1, -0.05) is 17.7 Å². The minimum Gasteiger partial charge on any atom is -0.383 e. The number of carbonyl (C=O) groups is 1. The van der Waals surface area contributed by atoms with Crippen molar-refractivity contribution in [2.45, 2.75) is 6.42 Å². The van der Waals surface area contributed by atoms with Crippen LogP contribution in [-0.4, -0.2) is 37.7 Å². The van der Waals surface area contributed by atoms with Crippen LogP contribution < -0.4 is 10.6 Å². The molecule has 94 valence electrons. The topological polar surface area (TPSA) is 63.2 Å². The molecule has 0 radical (unpaired) electrons. The predicted molar refractivity (Wildman–Crippen MR) is 67.2 cm³/mol. The minimum atomic E-state index is -0.0171. The molecule has 0 aliphatic rings. The van der Waals surface area contributed by atoms with Crippen LogP contribution in [0.15, 0.2) is 18.2 Å². The summed E-state index contributed by atoms with van der Waals surface area (Å²) in [4.78, 5) is 15.4. The molecular weight excluding hydrogens is 242 g/mol. The fourth-order valence-corrected chi connectivity index (χ4v) is 1.36. The maximum atomic E-state index is 11.3. The molecule has 0 saturated carbocycles. The van der Waals surface area contributed by atoms with E-state index < -0.39 is 0 Å². The van der Waals surface area contributed by atoms with Gasteiger partial charge >= 0.3 is 0 Å². The molecule has 0 unspecified atom stereocenters. The molecule has 0 aliphatic carbocycles. The highest BCUT2D eigenvalue weighted by Crippen LogP contribution is 2.08. The Labute approximate surface area is 106 Å². The second-order valence-corrected chi connectivity index (χ2v) is 3.75. The second kappa shape index (κ2) is 7.86. The normalized spacial score (nSPS) is 10.0. The van der Waals surface area contributed by atoms with Gasteiger partial charge in [-0.2, -0.15) is 0 Å². The van der Waals surface area contributed by atoms with Gasteiger partial charge in [0.1, 0.15) is 11.0 Å². The summed E-state index contributed by atoms with van der Waals surface area (Å²) in [7, 11) is 1.60. The van der Waals surface area contributed by atoms with Crippen molar-refractivity contribution in [3.05, 3.63) is 23.4 Å². The lowest BCUT2D eigenvalue weighted by atomic mass is 10.4. The number of amides is 1. The van der Waals surface area contributed by atoms with Crippen molar-refractivity contribution in [1.29, 1.82) is 0 Å². The maximum absolute atomic E-state index is 11.3. The van der Waals surface area contributed by atoms with Gasteiger partial charge in [0.15, 0.2) is 0 Å². The number of nitrogens with zero attached hydrogens (tertiary/aromatic N) is 1. The number of carbonyl (C=O) groups excluding carboxylic acids is 1. The number of pyridine rings is 1. The molecule has 0 aromatic carbocycles. The highest BCUT2D eigenvalue weighted by molar-refractivity contribution is 6.29. The Morgan fingerprint density at radius 2 is 2.29 bits per heavy atom. The molecule has 0 spiro atoms. The molecule has 5 nitrogen and oxygen atoms in total. The van der Waals surface area contributed by atoms with E-state index in [1.54, 1.807) is 25.3 Å². The van der Waals surface area contributed by atoms with Gasteiger partial charge in [-0.3, -0.25) is 4.79 Å². The summed E-state index contributed by atoms with van der Waals surface area (Å²) in [5.41, 5.74) is 0. The Kier molecular flexibility index (Phi) is 6.35. The van der Waals surface area contributed by atoms with Crippen LogP contribution in [0.3, 0.4) is 0 Å². The quantitative estimate of drug-likeness (QED) is 0.571. The van der Waals surface area contributed by atoms with Crippen molar-refractivity contribution in [2.24, 2.45) is 0 Å². The third-order valence-corrected chi connectivity index (χ3v) is 2.21. The van der Waals surface area contributed by atoms with Crippen LogP contribution >= 0.6 is 11.6 Å². The number of hydrogen-bond donors (Lipinski definition) is 2. The number of aromatic nitrogens is 1. The monoisotopic (exact) mass is 257 g/mol. The Bertz CT molecular complexity index is 360. The van der Waals surface area contributed by atoms with Gasteiger partial charge in [0, 0.05) is 26.6 Å².